The minimum absolute atomic E-state index is 0.898. The molecule has 0 fully saturated rings. The molecule has 0 atom stereocenters. The smallest absolute Gasteiger partial charge is 0.0162 e. The summed E-state index contributed by atoms with van der Waals surface area (Å²) in [7, 11) is 1.94. The highest BCUT2D eigenvalue weighted by Gasteiger charge is 1.94. The highest BCUT2D eigenvalue weighted by atomic mass is 14.8. The summed E-state index contributed by atoms with van der Waals surface area (Å²) in [5.41, 5.74) is 2.56. The predicted molar refractivity (Wildman–Crippen MR) is 53.2 cm³/mol. The van der Waals surface area contributed by atoms with Gasteiger partial charge in [0.2, 0.25) is 0 Å². The van der Waals surface area contributed by atoms with Crippen LogP contribution in [0.1, 0.15) is 5.56 Å². The number of hydrogen-bond donors (Lipinski definition) is 1. The molecule has 1 rings (SSSR count). The van der Waals surface area contributed by atoms with E-state index in [0.29, 0.717) is 0 Å². The van der Waals surface area contributed by atoms with E-state index in [9.17, 15) is 0 Å². The molecule has 0 bridgehead atoms. The molecule has 1 N–H and O–H groups in total. The van der Waals surface area contributed by atoms with E-state index in [1.54, 1.807) is 0 Å². The molecule has 0 aromatic heterocycles. The zero-order valence-electron chi connectivity index (χ0n) is 7.51. The molecule has 0 radical (unpaired) electrons. The van der Waals surface area contributed by atoms with Crippen LogP contribution in [0.15, 0.2) is 42.5 Å². The summed E-state index contributed by atoms with van der Waals surface area (Å²) in [4.78, 5) is 0. The SMILES string of the molecule is C=C(CNC)Cc1ccccc1. The average Bonchev–Trinajstić information content (AvgIpc) is 2.06. The van der Waals surface area contributed by atoms with Gasteiger partial charge in [0.1, 0.15) is 0 Å². The van der Waals surface area contributed by atoms with Crippen molar-refractivity contribution in [2.24, 2.45) is 0 Å². The maximum absolute atomic E-state index is 3.98. The van der Waals surface area contributed by atoms with Crippen molar-refractivity contribution in [2.45, 2.75) is 6.42 Å². The molecule has 0 unspecified atom stereocenters. The lowest BCUT2D eigenvalue weighted by Gasteiger charge is -2.03. The summed E-state index contributed by atoms with van der Waals surface area (Å²) in [6.45, 7) is 4.87. The highest BCUT2D eigenvalue weighted by Crippen LogP contribution is 2.04. The molecule has 0 amide bonds. The van der Waals surface area contributed by atoms with E-state index in [1.807, 2.05) is 13.1 Å². The van der Waals surface area contributed by atoms with Gasteiger partial charge in [-0.15, -0.1) is 0 Å². The Hall–Kier alpha value is -1.08. The van der Waals surface area contributed by atoms with Crippen LogP contribution >= 0.6 is 0 Å². The van der Waals surface area contributed by atoms with E-state index in [-0.39, 0.29) is 0 Å². The van der Waals surface area contributed by atoms with Crippen LogP contribution in [0.25, 0.3) is 0 Å². The normalized spacial score (nSPS) is 9.75. The van der Waals surface area contributed by atoms with Crippen molar-refractivity contribution in [2.75, 3.05) is 13.6 Å². The van der Waals surface area contributed by atoms with Crippen molar-refractivity contribution >= 4 is 0 Å². The molecule has 1 aromatic rings. The third kappa shape index (κ3) is 2.89. The molecule has 0 saturated carbocycles. The zero-order valence-corrected chi connectivity index (χ0v) is 7.51. The van der Waals surface area contributed by atoms with E-state index in [0.717, 1.165) is 13.0 Å². The third-order valence-electron chi connectivity index (χ3n) is 1.72. The molecule has 0 aliphatic heterocycles. The minimum atomic E-state index is 0.898. The van der Waals surface area contributed by atoms with Crippen LogP contribution in [0, 0.1) is 0 Å². The van der Waals surface area contributed by atoms with Crippen molar-refractivity contribution in [3.63, 3.8) is 0 Å². The van der Waals surface area contributed by atoms with Crippen molar-refractivity contribution < 1.29 is 0 Å². The summed E-state index contributed by atoms with van der Waals surface area (Å²) in [5.74, 6) is 0. The van der Waals surface area contributed by atoms with Gasteiger partial charge in [0.05, 0.1) is 0 Å². The van der Waals surface area contributed by atoms with Crippen LogP contribution in [0.2, 0.25) is 0 Å². The van der Waals surface area contributed by atoms with Gasteiger partial charge in [-0.25, -0.2) is 0 Å². The van der Waals surface area contributed by atoms with Crippen molar-refractivity contribution in [3.05, 3.63) is 48.0 Å². The molecule has 0 heterocycles. The summed E-state index contributed by atoms with van der Waals surface area (Å²) in [6.07, 6.45) is 0.974. The van der Waals surface area contributed by atoms with Crippen LogP contribution < -0.4 is 5.32 Å². The standard InChI is InChI=1S/C11H15N/c1-10(9-12-2)8-11-6-4-3-5-7-11/h3-7,12H,1,8-9H2,2H3. The van der Waals surface area contributed by atoms with Gasteiger partial charge in [0.25, 0.3) is 0 Å². The van der Waals surface area contributed by atoms with Gasteiger partial charge in [-0.3, -0.25) is 0 Å². The summed E-state index contributed by atoms with van der Waals surface area (Å²) < 4.78 is 0. The van der Waals surface area contributed by atoms with Crippen LogP contribution in [-0.4, -0.2) is 13.6 Å². The largest absolute Gasteiger partial charge is 0.316 e. The predicted octanol–water partition coefficient (Wildman–Crippen LogP) is 2.00. The molecule has 64 valence electrons. The Bertz CT molecular complexity index is 238. The Labute approximate surface area is 74.1 Å². The van der Waals surface area contributed by atoms with Gasteiger partial charge in [-0.2, -0.15) is 0 Å². The molecule has 0 spiro atoms. The molecular weight excluding hydrogens is 146 g/mol. The average molecular weight is 161 g/mol. The van der Waals surface area contributed by atoms with E-state index in [1.165, 1.54) is 11.1 Å². The van der Waals surface area contributed by atoms with Gasteiger partial charge in [-0.05, 0) is 19.0 Å². The minimum Gasteiger partial charge on any atom is -0.316 e. The molecule has 1 nitrogen and oxygen atoms in total. The zero-order chi connectivity index (χ0) is 8.81. The lowest BCUT2D eigenvalue weighted by molar-refractivity contribution is 0.858. The topological polar surface area (TPSA) is 12.0 Å². The summed E-state index contributed by atoms with van der Waals surface area (Å²) in [6, 6.07) is 10.4. The fraction of sp³-hybridized carbons (Fsp3) is 0.273. The first-order chi connectivity index (χ1) is 5.83. The van der Waals surface area contributed by atoms with Gasteiger partial charge in [0.15, 0.2) is 0 Å². The summed E-state index contributed by atoms with van der Waals surface area (Å²) >= 11 is 0. The Morgan fingerprint density at radius 2 is 2.00 bits per heavy atom. The van der Waals surface area contributed by atoms with Crippen LogP contribution in [-0.2, 0) is 6.42 Å². The van der Waals surface area contributed by atoms with Gasteiger partial charge in [0, 0.05) is 6.54 Å². The van der Waals surface area contributed by atoms with Crippen molar-refractivity contribution in [1.29, 1.82) is 0 Å². The van der Waals surface area contributed by atoms with Crippen molar-refractivity contribution in [3.8, 4) is 0 Å². The maximum Gasteiger partial charge on any atom is 0.0162 e. The second-order valence-corrected chi connectivity index (χ2v) is 2.94. The van der Waals surface area contributed by atoms with E-state index in [2.05, 4.69) is 36.2 Å². The molecular formula is C11H15N. The number of nitrogens with one attached hydrogen (secondary N) is 1. The van der Waals surface area contributed by atoms with Crippen LogP contribution in [0.4, 0.5) is 0 Å². The first-order valence-electron chi connectivity index (χ1n) is 4.18. The summed E-state index contributed by atoms with van der Waals surface area (Å²) in [5, 5.41) is 3.09. The molecule has 0 aliphatic carbocycles. The first-order valence-corrected chi connectivity index (χ1v) is 4.18. The highest BCUT2D eigenvalue weighted by molar-refractivity contribution is 5.20. The lowest BCUT2D eigenvalue weighted by Crippen LogP contribution is -2.11. The first kappa shape index (κ1) is 9.01. The quantitative estimate of drug-likeness (QED) is 0.666. The maximum atomic E-state index is 3.98. The number of hydrogen-bond acceptors (Lipinski definition) is 1. The number of likely N-dealkylation sites (N-methyl/N-ethyl adjacent to an activating group) is 1. The van der Waals surface area contributed by atoms with Gasteiger partial charge >= 0.3 is 0 Å². The monoisotopic (exact) mass is 161 g/mol. The van der Waals surface area contributed by atoms with E-state index >= 15 is 0 Å². The Morgan fingerprint density at radius 1 is 1.33 bits per heavy atom. The molecule has 1 aromatic carbocycles. The van der Waals surface area contributed by atoms with Crippen LogP contribution in [0.3, 0.4) is 0 Å². The van der Waals surface area contributed by atoms with Crippen LogP contribution in [0.5, 0.6) is 0 Å². The fourth-order valence-corrected chi connectivity index (χ4v) is 1.20. The molecule has 0 aliphatic rings. The molecule has 1 heteroatoms. The Morgan fingerprint density at radius 3 is 2.58 bits per heavy atom. The Balaban J connectivity index is 2.47. The lowest BCUT2D eigenvalue weighted by atomic mass is 10.1. The second kappa shape index (κ2) is 4.73. The number of benzene rings is 1. The van der Waals surface area contributed by atoms with Gasteiger partial charge in [-0.1, -0.05) is 42.5 Å². The van der Waals surface area contributed by atoms with E-state index < -0.39 is 0 Å². The van der Waals surface area contributed by atoms with Crippen molar-refractivity contribution in [1.82, 2.24) is 5.32 Å². The van der Waals surface area contributed by atoms with E-state index in [4.69, 9.17) is 0 Å². The second-order valence-electron chi connectivity index (χ2n) is 2.94. The Kier molecular flexibility index (Phi) is 3.55. The third-order valence-corrected chi connectivity index (χ3v) is 1.72. The van der Waals surface area contributed by atoms with Gasteiger partial charge < -0.3 is 5.32 Å². The fourth-order valence-electron chi connectivity index (χ4n) is 1.20. The molecule has 0 saturated heterocycles. The molecule has 12 heavy (non-hydrogen) atoms. The number of rotatable bonds is 4.